The molecule has 1 heterocycles. The summed E-state index contributed by atoms with van der Waals surface area (Å²) < 4.78 is 56.6. The molecular formula is C20H16F4N2O4. The summed E-state index contributed by atoms with van der Waals surface area (Å²) in [5.41, 5.74) is -0.639. The quantitative estimate of drug-likeness (QED) is 0.444. The van der Waals surface area contributed by atoms with Gasteiger partial charge in [-0.25, -0.2) is 17.6 Å². The second-order valence-electron chi connectivity index (χ2n) is 6.60. The van der Waals surface area contributed by atoms with Gasteiger partial charge in [-0.2, -0.15) is 0 Å². The highest BCUT2D eigenvalue weighted by Crippen LogP contribution is 2.38. The predicted octanol–water partition coefficient (Wildman–Crippen LogP) is 3.07. The molecule has 1 amide bonds. The number of phenolic OH excluding ortho intramolecular Hbond substituents is 1. The van der Waals surface area contributed by atoms with Crippen molar-refractivity contribution in [2.75, 3.05) is 6.73 Å². The summed E-state index contributed by atoms with van der Waals surface area (Å²) in [5.74, 6) is -9.27. The fraction of sp³-hybridized carbons (Fsp3) is 0.200. The molecule has 3 aromatic rings. The molecule has 0 unspecified atom stereocenters. The summed E-state index contributed by atoms with van der Waals surface area (Å²) in [6, 6.07) is 3.08. The molecule has 1 aromatic heterocycles. The Morgan fingerprint density at radius 2 is 1.77 bits per heavy atom. The maximum absolute atomic E-state index is 14.8. The molecule has 3 N–H and O–H groups in total. The molecule has 0 bridgehead atoms. The van der Waals surface area contributed by atoms with Crippen LogP contribution in [0.2, 0.25) is 0 Å². The third-order valence-corrected chi connectivity index (χ3v) is 4.86. The van der Waals surface area contributed by atoms with Crippen molar-refractivity contribution in [3.8, 4) is 5.75 Å². The number of aromatic nitrogens is 1. The van der Waals surface area contributed by atoms with Crippen LogP contribution < -0.4 is 5.32 Å². The Morgan fingerprint density at radius 1 is 1.10 bits per heavy atom. The molecule has 158 valence electrons. The van der Waals surface area contributed by atoms with Gasteiger partial charge in [-0.15, -0.1) is 0 Å². The normalized spacial score (nSPS) is 12.2. The lowest BCUT2D eigenvalue weighted by Gasteiger charge is -2.13. The predicted molar refractivity (Wildman–Crippen MR) is 98.0 cm³/mol. The van der Waals surface area contributed by atoms with Gasteiger partial charge in [-0.1, -0.05) is 0 Å². The van der Waals surface area contributed by atoms with Crippen LogP contribution in [-0.2, 0) is 4.79 Å². The zero-order valence-electron chi connectivity index (χ0n) is 15.8. The van der Waals surface area contributed by atoms with E-state index in [1.165, 1.54) is 13.8 Å². The van der Waals surface area contributed by atoms with Gasteiger partial charge in [0, 0.05) is 22.7 Å². The molecular weight excluding hydrogens is 408 g/mol. The molecule has 0 aliphatic heterocycles. The topological polar surface area (TPSA) is 91.6 Å². The first kappa shape index (κ1) is 21.3. The van der Waals surface area contributed by atoms with Crippen LogP contribution in [0.1, 0.15) is 34.5 Å². The average molecular weight is 424 g/mol. The van der Waals surface area contributed by atoms with E-state index >= 15 is 0 Å². The molecule has 2 aromatic carbocycles. The van der Waals surface area contributed by atoms with E-state index in [1.54, 1.807) is 0 Å². The first-order valence-corrected chi connectivity index (χ1v) is 8.70. The minimum atomic E-state index is -1.39. The lowest BCUT2D eigenvalue weighted by atomic mass is 9.96. The minimum Gasteiger partial charge on any atom is -0.503 e. The van der Waals surface area contributed by atoms with Crippen molar-refractivity contribution >= 4 is 22.7 Å². The minimum absolute atomic E-state index is 0.0178. The number of aliphatic hydroxyl groups is 1. The summed E-state index contributed by atoms with van der Waals surface area (Å²) in [5, 5.41) is 20.4. The number of aromatic hydroxyl groups is 1. The SMILES string of the molecule is Cc1c([C@H](C)C(=O)NCO)c2c(F)c(O)c(F)cc2n1C(=O)c1ccc(F)c(F)c1. The van der Waals surface area contributed by atoms with Crippen molar-refractivity contribution in [2.24, 2.45) is 0 Å². The molecule has 0 aliphatic carbocycles. The zero-order valence-corrected chi connectivity index (χ0v) is 15.8. The number of carbonyl (C=O) groups excluding carboxylic acids is 2. The fourth-order valence-electron chi connectivity index (χ4n) is 3.42. The third-order valence-electron chi connectivity index (χ3n) is 4.86. The number of hydrogen-bond acceptors (Lipinski definition) is 4. The van der Waals surface area contributed by atoms with Crippen molar-refractivity contribution in [2.45, 2.75) is 19.8 Å². The Morgan fingerprint density at radius 3 is 2.37 bits per heavy atom. The highest BCUT2D eigenvalue weighted by Gasteiger charge is 2.30. The molecule has 6 nitrogen and oxygen atoms in total. The summed E-state index contributed by atoms with van der Waals surface area (Å²) in [6.45, 7) is 2.01. The van der Waals surface area contributed by atoms with Gasteiger partial charge in [0.15, 0.2) is 29.0 Å². The summed E-state index contributed by atoms with van der Waals surface area (Å²) in [6.07, 6.45) is 0. The Hall–Kier alpha value is -3.40. The Labute approximate surface area is 167 Å². The van der Waals surface area contributed by atoms with Crippen LogP contribution in [-0.4, -0.2) is 33.3 Å². The number of phenols is 1. The van der Waals surface area contributed by atoms with Crippen LogP contribution in [0.3, 0.4) is 0 Å². The molecule has 0 aliphatic rings. The van der Waals surface area contributed by atoms with Crippen LogP contribution in [0.15, 0.2) is 24.3 Å². The van der Waals surface area contributed by atoms with E-state index in [1.807, 2.05) is 0 Å². The summed E-state index contributed by atoms with van der Waals surface area (Å²) >= 11 is 0. The van der Waals surface area contributed by atoms with Crippen molar-refractivity contribution in [1.82, 2.24) is 9.88 Å². The van der Waals surface area contributed by atoms with E-state index < -0.39 is 53.5 Å². The van der Waals surface area contributed by atoms with Crippen LogP contribution >= 0.6 is 0 Å². The van der Waals surface area contributed by atoms with E-state index in [2.05, 4.69) is 5.32 Å². The van der Waals surface area contributed by atoms with Crippen LogP contribution in [0, 0.1) is 30.2 Å². The standard InChI is InChI=1S/C20H16F4N2O4/c1-8(19(29)25-7-27)15-9(2)26(14-6-13(23)18(28)17(24)16(14)15)20(30)10-3-4-11(21)12(22)5-10/h3-6,8,27-28H,7H2,1-2H3,(H,25,29)/t8-/m0/s1. The van der Waals surface area contributed by atoms with Crippen LogP contribution in [0.4, 0.5) is 17.6 Å². The van der Waals surface area contributed by atoms with Gasteiger partial charge in [0.25, 0.3) is 5.91 Å². The van der Waals surface area contributed by atoms with E-state index in [4.69, 9.17) is 5.11 Å². The van der Waals surface area contributed by atoms with Crippen molar-refractivity contribution in [3.63, 3.8) is 0 Å². The largest absolute Gasteiger partial charge is 0.503 e. The smallest absolute Gasteiger partial charge is 0.262 e. The van der Waals surface area contributed by atoms with E-state index in [-0.39, 0.29) is 27.7 Å². The van der Waals surface area contributed by atoms with E-state index in [9.17, 15) is 32.3 Å². The van der Waals surface area contributed by atoms with E-state index in [0.717, 1.165) is 16.7 Å². The highest BCUT2D eigenvalue weighted by atomic mass is 19.2. The second-order valence-corrected chi connectivity index (χ2v) is 6.60. The first-order chi connectivity index (χ1) is 14.1. The zero-order chi connectivity index (χ0) is 22.3. The number of benzene rings is 2. The number of carbonyl (C=O) groups is 2. The second kappa shape index (κ2) is 7.79. The van der Waals surface area contributed by atoms with Gasteiger partial charge in [0.2, 0.25) is 5.91 Å². The van der Waals surface area contributed by atoms with Gasteiger partial charge < -0.3 is 15.5 Å². The Kier molecular flexibility index (Phi) is 5.53. The molecule has 1 atom stereocenters. The van der Waals surface area contributed by atoms with Crippen LogP contribution in [0.5, 0.6) is 5.75 Å². The molecule has 0 saturated carbocycles. The fourth-order valence-corrected chi connectivity index (χ4v) is 3.42. The Bertz CT molecular complexity index is 1190. The van der Waals surface area contributed by atoms with Gasteiger partial charge in [0.1, 0.15) is 6.73 Å². The van der Waals surface area contributed by atoms with Crippen LogP contribution in [0.25, 0.3) is 10.9 Å². The highest BCUT2D eigenvalue weighted by molar-refractivity contribution is 6.05. The molecule has 0 radical (unpaired) electrons. The van der Waals surface area contributed by atoms with Gasteiger partial charge in [-0.05, 0) is 37.6 Å². The van der Waals surface area contributed by atoms with Crippen molar-refractivity contribution in [3.05, 3.63) is 64.4 Å². The maximum Gasteiger partial charge on any atom is 0.262 e. The molecule has 0 fully saturated rings. The number of hydrogen-bond donors (Lipinski definition) is 3. The average Bonchev–Trinajstić information content (AvgIpc) is 2.99. The Balaban J connectivity index is 2.34. The number of halogens is 4. The lowest BCUT2D eigenvalue weighted by Crippen LogP contribution is -2.29. The number of aliphatic hydroxyl groups excluding tert-OH is 1. The third kappa shape index (κ3) is 3.28. The molecule has 0 spiro atoms. The molecule has 3 rings (SSSR count). The lowest BCUT2D eigenvalue weighted by molar-refractivity contribution is -0.123. The van der Waals surface area contributed by atoms with E-state index in [0.29, 0.717) is 12.1 Å². The van der Waals surface area contributed by atoms with Gasteiger partial charge >= 0.3 is 0 Å². The monoisotopic (exact) mass is 424 g/mol. The number of nitrogens with zero attached hydrogens (tertiary/aromatic N) is 1. The number of amides is 1. The van der Waals surface area contributed by atoms with Gasteiger partial charge in [-0.3, -0.25) is 14.2 Å². The number of rotatable bonds is 4. The van der Waals surface area contributed by atoms with Crippen molar-refractivity contribution in [1.29, 1.82) is 0 Å². The van der Waals surface area contributed by atoms with Gasteiger partial charge in [0.05, 0.1) is 11.4 Å². The summed E-state index contributed by atoms with van der Waals surface area (Å²) in [7, 11) is 0. The molecule has 30 heavy (non-hydrogen) atoms. The first-order valence-electron chi connectivity index (χ1n) is 8.70. The molecule has 0 saturated heterocycles. The maximum atomic E-state index is 14.8. The number of fused-ring (bicyclic) bond motifs is 1. The number of nitrogens with one attached hydrogen (secondary N) is 1. The van der Waals surface area contributed by atoms with Crippen molar-refractivity contribution < 1.29 is 37.4 Å². The summed E-state index contributed by atoms with van der Waals surface area (Å²) in [4.78, 5) is 25.2. The molecule has 10 heteroatoms.